The van der Waals surface area contributed by atoms with Crippen molar-refractivity contribution in [3.8, 4) is 0 Å². The molecule has 6 nitrogen and oxygen atoms in total. The summed E-state index contributed by atoms with van der Waals surface area (Å²) >= 11 is 0. The van der Waals surface area contributed by atoms with Crippen molar-refractivity contribution in [1.29, 1.82) is 0 Å². The third kappa shape index (κ3) is 3.85. The zero-order valence-corrected chi connectivity index (χ0v) is 11.8. The number of hydrogen-bond acceptors (Lipinski definition) is 4. The van der Waals surface area contributed by atoms with Crippen molar-refractivity contribution >= 4 is 17.6 Å². The average molecular weight is 285 g/mol. The van der Waals surface area contributed by atoms with E-state index in [2.05, 4.69) is 15.3 Å². The van der Waals surface area contributed by atoms with Gasteiger partial charge in [-0.2, -0.15) is 0 Å². The van der Waals surface area contributed by atoms with Crippen LogP contribution >= 0.6 is 0 Å². The molecular formula is C15H15N3O3. The summed E-state index contributed by atoms with van der Waals surface area (Å²) in [6, 6.07) is 7.34. The van der Waals surface area contributed by atoms with E-state index in [1.54, 1.807) is 19.1 Å². The lowest BCUT2D eigenvalue weighted by atomic mass is 10.1. The predicted octanol–water partition coefficient (Wildman–Crippen LogP) is 2.03. The molecule has 0 saturated carbocycles. The SMILES string of the molecule is CC(=O)Nc1ccc(Cc2ncc(C(=O)O)c(C)n2)cc1. The Morgan fingerprint density at radius 2 is 1.90 bits per heavy atom. The van der Waals surface area contributed by atoms with Crippen LogP contribution in [0.25, 0.3) is 0 Å². The number of aromatic nitrogens is 2. The molecule has 0 bridgehead atoms. The molecule has 108 valence electrons. The van der Waals surface area contributed by atoms with Crippen LogP contribution in [-0.2, 0) is 11.2 Å². The highest BCUT2D eigenvalue weighted by atomic mass is 16.4. The molecule has 0 atom stereocenters. The minimum atomic E-state index is -1.03. The fourth-order valence-electron chi connectivity index (χ4n) is 1.90. The van der Waals surface area contributed by atoms with Crippen molar-refractivity contribution in [2.45, 2.75) is 20.3 Å². The van der Waals surface area contributed by atoms with Crippen LogP contribution in [0.4, 0.5) is 5.69 Å². The van der Waals surface area contributed by atoms with E-state index in [9.17, 15) is 9.59 Å². The Hall–Kier alpha value is -2.76. The van der Waals surface area contributed by atoms with Crippen molar-refractivity contribution in [2.24, 2.45) is 0 Å². The van der Waals surface area contributed by atoms with Gasteiger partial charge in [-0.25, -0.2) is 14.8 Å². The average Bonchev–Trinajstić information content (AvgIpc) is 2.40. The standard InChI is InChI=1S/C15H15N3O3/c1-9-13(15(20)21)8-16-14(17-9)7-11-3-5-12(6-4-11)18-10(2)19/h3-6,8H,7H2,1-2H3,(H,18,19)(H,20,21). The molecule has 0 unspecified atom stereocenters. The van der Waals surface area contributed by atoms with E-state index >= 15 is 0 Å². The third-order valence-corrected chi connectivity index (χ3v) is 2.90. The molecule has 1 aromatic carbocycles. The molecule has 21 heavy (non-hydrogen) atoms. The molecule has 1 heterocycles. The highest BCUT2D eigenvalue weighted by molar-refractivity contribution is 5.88. The van der Waals surface area contributed by atoms with Gasteiger partial charge in [-0.05, 0) is 24.6 Å². The van der Waals surface area contributed by atoms with Gasteiger partial charge in [-0.15, -0.1) is 0 Å². The lowest BCUT2D eigenvalue weighted by Gasteiger charge is -2.06. The van der Waals surface area contributed by atoms with Crippen LogP contribution < -0.4 is 5.32 Å². The van der Waals surface area contributed by atoms with E-state index in [0.717, 1.165) is 11.3 Å². The first kappa shape index (κ1) is 14.6. The van der Waals surface area contributed by atoms with Crippen molar-refractivity contribution in [2.75, 3.05) is 5.32 Å². The Morgan fingerprint density at radius 1 is 1.24 bits per heavy atom. The van der Waals surface area contributed by atoms with Crippen LogP contribution in [-0.4, -0.2) is 27.0 Å². The molecule has 2 N–H and O–H groups in total. The van der Waals surface area contributed by atoms with E-state index < -0.39 is 5.97 Å². The van der Waals surface area contributed by atoms with Crippen molar-refractivity contribution in [3.63, 3.8) is 0 Å². The number of amides is 1. The molecule has 0 aliphatic carbocycles. The summed E-state index contributed by atoms with van der Waals surface area (Å²) < 4.78 is 0. The summed E-state index contributed by atoms with van der Waals surface area (Å²) in [5, 5.41) is 11.6. The summed E-state index contributed by atoms with van der Waals surface area (Å²) in [6.45, 7) is 3.10. The van der Waals surface area contributed by atoms with Crippen LogP contribution in [0, 0.1) is 6.92 Å². The van der Waals surface area contributed by atoms with Crippen molar-refractivity contribution in [1.82, 2.24) is 9.97 Å². The second-order valence-corrected chi connectivity index (χ2v) is 4.65. The second kappa shape index (κ2) is 6.13. The number of aromatic carboxylic acids is 1. The first-order valence-corrected chi connectivity index (χ1v) is 6.38. The molecule has 0 aliphatic heterocycles. The van der Waals surface area contributed by atoms with E-state index in [1.165, 1.54) is 13.1 Å². The normalized spacial score (nSPS) is 10.2. The third-order valence-electron chi connectivity index (χ3n) is 2.90. The fraction of sp³-hybridized carbons (Fsp3) is 0.200. The molecule has 1 amide bonds. The monoisotopic (exact) mass is 285 g/mol. The number of carboxylic acid groups (broad SMARTS) is 1. The Morgan fingerprint density at radius 3 is 2.43 bits per heavy atom. The Bertz CT molecular complexity index is 681. The summed E-state index contributed by atoms with van der Waals surface area (Å²) in [5.41, 5.74) is 2.26. The number of carboxylic acids is 1. The van der Waals surface area contributed by atoms with Gasteiger partial charge in [0.1, 0.15) is 5.82 Å². The van der Waals surface area contributed by atoms with E-state index in [1.807, 2.05) is 12.1 Å². The highest BCUT2D eigenvalue weighted by Crippen LogP contribution is 2.13. The number of rotatable bonds is 4. The van der Waals surface area contributed by atoms with Gasteiger partial charge in [-0.3, -0.25) is 4.79 Å². The maximum atomic E-state index is 10.9. The molecular weight excluding hydrogens is 270 g/mol. The molecule has 0 aliphatic rings. The Kier molecular flexibility index (Phi) is 4.27. The first-order chi connectivity index (χ1) is 9.95. The highest BCUT2D eigenvalue weighted by Gasteiger charge is 2.10. The number of aryl methyl sites for hydroxylation is 1. The molecule has 2 rings (SSSR count). The van der Waals surface area contributed by atoms with Gasteiger partial charge in [-0.1, -0.05) is 12.1 Å². The van der Waals surface area contributed by atoms with Gasteiger partial charge in [0.05, 0.1) is 11.3 Å². The number of carbonyl (C=O) groups excluding carboxylic acids is 1. The Balaban J connectivity index is 2.13. The van der Waals surface area contributed by atoms with Crippen LogP contribution in [0.1, 0.15) is 34.4 Å². The zero-order chi connectivity index (χ0) is 15.4. The van der Waals surface area contributed by atoms with Gasteiger partial charge in [0.15, 0.2) is 0 Å². The number of hydrogen-bond donors (Lipinski definition) is 2. The van der Waals surface area contributed by atoms with Gasteiger partial charge in [0.25, 0.3) is 0 Å². The summed E-state index contributed by atoms with van der Waals surface area (Å²) in [6.07, 6.45) is 1.83. The minimum absolute atomic E-state index is 0.111. The van der Waals surface area contributed by atoms with Crippen molar-refractivity contribution in [3.05, 3.63) is 53.1 Å². The van der Waals surface area contributed by atoms with Crippen LogP contribution in [0.15, 0.2) is 30.5 Å². The van der Waals surface area contributed by atoms with Gasteiger partial charge in [0, 0.05) is 25.2 Å². The van der Waals surface area contributed by atoms with Gasteiger partial charge < -0.3 is 10.4 Å². The second-order valence-electron chi connectivity index (χ2n) is 4.65. The molecule has 1 aromatic heterocycles. The molecule has 0 fully saturated rings. The molecule has 0 radical (unpaired) electrons. The van der Waals surface area contributed by atoms with Crippen LogP contribution in [0.5, 0.6) is 0 Å². The Labute approximate surface area is 121 Å². The number of benzene rings is 1. The first-order valence-electron chi connectivity index (χ1n) is 6.38. The molecule has 0 spiro atoms. The maximum Gasteiger partial charge on any atom is 0.339 e. The molecule has 0 saturated heterocycles. The maximum absolute atomic E-state index is 10.9. The van der Waals surface area contributed by atoms with E-state index in [4.69, 9.17) is 5.11 Å². The van der Waals surface area contributed by atoms with E-state index in [-0.39, 0.29) is 11.5 Å². The minimum Gasteiger partial charge on any atom is -0.478 e. The number of carbonyl (C=O) groups is 2. The fourth-order valence-corrected chi connectivity index (χ4v) is 1.90. The van der Waals surface area contributed by atoms with E-state index in [0.29, 0.717) is 17.9 Å². The summed E-state index contributed by atoms with van der Waals surface area (Å²) in [7, 11) is 0. The van der Waals surface area contributed by atoms with Gasteiger partial charge >= 0.3 is 5.97 Å². The predicted molar refractivity (Wildman–Crippen MR) is 77.3 cm³/mol. The summed E-state index contributed by atoms with van der Waals surface area (Å²) in [4.78, 5) is 30.1. The molecule has 6 heteroatoms. The topological polar surface area (TPSA) is 92.2 Å². The quantitative estimate of drug-likeness (QED) is 0.896. The van der Waals surface area contributed by atoms with Crippen LogP contribution in [0.3, 0.4) is 0 Å². The smallest absolute Gasteiger partial charge is 0.339 e. The largest absolute Gasteiger partial charge is 0.478 e. The summed E-state index contributed by atoms with van der Waals surface area (Å²) in [5.74, 6) is -0.588. The zero-order valence-electron chi connectivity index (χ0n) is 11.8. The number of nitrogens with zero attached hydrogens (tertiary/aromatic N) is 2. The lowest BCUT2D eigenvalue weighted by molar-refractivity contribution is -0.114. The lowest BCUT2D eigenvalue weighted by Crippen LogP contribution is -2.07. The number of anilines is 1. The van der Waals surface area contributed by atoms with Crippen LogP contribution in [0.2, 0.25) is 0 Å². The number of nitrogens with one attached hydrogen (secondary N) is 1. The molecule has 2 aromatic rings. The van der Waals surface area contributed by atoms with Crippen molar-refractivity contribution < 1.29 is 14.7 Å². The van der Waals surface area contributed by atoms with Gasteiger partial charge in [0.2, 0.25) is 5.91 Å².